The van der Waals surface area contributed by atoms with E-state index in [9.17, 15) is 0 Å². The third kappa shape index (κ3) is 5.58. The molecule has 3 nitrogen and oxygen atoms in total. The molecule has 14 heavy (non-hydrogen) atoms. The largest absolute Gasteiger partial charge is 0.385 e. The highest BCUT2D eigenvalue weighted by molar-refractivity contribution is 4.71. The van der Waals surface area contributed by atoms with Crippen LogP contribution < -0.4 is 5.32 Å². The van der Waals surface area contributed by atoms with Gasteiger partial charge in [0.15, 0.2) is 0 Å². The Morgan fingerprint density at radius 2 is 2.14 bits per heavy atom. The van der Waals surface area contributed by atoms with Gasteiger partial charge in [0.05, 0.1) is 0 Å². The Balaban J connectivity index is 1.82. The lowest BCUT2D eigenvalue weighted by molar-refractivity contribution is 0.0946. The summed E-state index contributed by atoms with van der Waals surface area (Å²) < 4.78 is 10.5. The van der Waals surface area contributed by atoms with E-state index in [1.807, 2.05) is 0 Å². The molecule has 3 heteroatoms. The van der Waals surface area contributed by atoms with Gasteiger partial charge in [0.25, 0.3) is 0 Å². The second-order valence-electron chi connectivity index (χ2n) is 3.89. The van der Waals surface area contributed by atoms with Crippen LogP contribution >= 0.6 is 0 Å². The highest BCUT2D eigenvalue weighted by Crippen LogP contribution is 2.09. The molecule has 0 aromatic carbocycles. The van der Waals surface area contributed by atoms with Gasteiger partial charge >= 0.3 is 0 Å². The summed E-state index contributed by atoms with van der Waals surface area (Å²) in [6.45, 7) is 3.72. The van der Waals surface area contributed by atoms with Gasteiger partial charge in [-0.1, -0.05) is 6.42 Å². The van der Waals surface area contributed by atoms with Crippen LogP contribution in [0, 0.1) is 0 Å². The summed E-state index contributed by atoms with van der Waals surface area (Å²) in [7, 11) is 1.73. The first-order chi connectivity index (χ1) is 6.93. The average Bonchev–Trinajstić information content (AvgIpc) is 2.25. The van der Waals surface area contributed by atoms with Gasteiger partial charge in [0.2, 0.25) is 0 Å². The van der Waals surface area contributed by atoms with Gasteiger partial charge in [0.1, 0.15) is 0 Å². The van der Waals surface area contributed by atoms with Crippen molar-refractivity contribution in [1.29, 1.82) is 0 Å². The zero-order valence-electron chi connectivity index (χ0n) is 9.26. The van der Waals surface area contributed by atoms with Crippen molar-refractivity contribution < 1.29 is 9.47 Å². The van der Waals surface area contributed by atoms with E-state index in [2.05, 4.69) is 5.32 Å². The van der Waals surface area contributed by atoms with Crippen molar-refractivity contribution >= 4 is 0 Å². The fourth-order valence-corrected chi connectivity index (χ4v) is 1.80. The van der Waals surface area contributed by atoms with Crippen LogP contribution in [0.1, 0.15) is 32.1 Å². The summed E-state index contributed by atoms with van der Waals surface area (Å²) in [5.74, 6) is 0. The molecule has 0 bridgehead atoms. The minimum absolute atomic E-state index is 0.700. The molecule has 1 fully saturated rings. The molecule has 0 amide bonds. The maximum Gasteiger partial charge on any atom is 0.0487 e. The third-order valence-corrected chi connectivity index (χ3v) is 2.66. The molecule has 1 atom stereocenters. The van der Waals surface area contributed by atoms with E-state index in [0.29, 0.717) is 6.04 Å². The van der Waals surface area contributed by atoms with Crippen LogP contribution in [0.15, 0.2) is 0 Å². The van der Waals surface area contributed by atoms with Gasteiger partial charge < -0.3 is 14.8 Å². The molecule has 1 saturated heterocycles. The van der Waals surface area contributed by atoms with E-state index < -0.39 is 0 Å². The zero-order chi connectivity index (χ0) is 10.1. The summed E-state index contributed by atoms with van der Waals surface area (Å²) in [4.78, 5) is 0. The Labute approximate surface area is 87.2 Å². The molecule has 1 aliphatic rings. The summed E-state index contributed by atoms with van der Waals surface area (Å²) >= 11 is 0. The first-order valence-corrected chi connectivity index (χ1v) is 5.73. The highest BCUT2D eigenvalue weighted by Gasteiger charge is 2.11. The van der Waals surface area contributed by atoms with Crippen LogP contribution in [-0.2, 0) is 9.47 Å². The van der Waals surface area contributed by atoms with E-state index in [0.717, 1.165) is 32.7 Å². The number of hydrogen-bond acceptors (Lipinski definition) is 3. The van der Waals surface area contributed by atoms with Crippen LogP contribution in [0.2, 0.25) is 0 Å². The predicted molar refractivity (Wildman–Crippen MR) is 57.6 cm³/mol. The minimum atomic E-state index is 0.700. The number of piperidine rings is 1. The maximum absolute atomic E-state index is 5.52. The van der Waals surface area contributed by atoms with Gasteiger partial charge in [-0.3, -0.25) is 0 Å². The quantitative estimate of drug-likeness (QED) is 0.634. The SMILES string of the molecule is COCCCOCC[C@@H]1CCCCN1. The van der Waals surface area contributed by atoms with Crippen molar-refractivity contribution in [3.8, 4) is 0 Å². The minimum Gasteiger partial charge on any atom is -0.385 e. The van der Waals surface area contributed by atoms with Crippen molar-refractivity contribution in [2.24, 2.45) is 0 Å². The Bertz CT molecular complexity index is 124. The van der Waals surface area contributed by atoms with E-state index >= 15 is 0 Å². The summed E-state index contributed by atoms with van der Waals surface area (Å²) in [6.07, 6.45) is 6.20. The number of rotatable bonds is 7. The van der Waals surface area contributed by atoms with E-state index in [4.69, 9.17) is 9.47 Å². The lowest BCUT2D eigenvalue weighted by Crippen LogP contribution is -2.34. The van der Waals surface area contributed by atoms with Crippen LogP contribution in [0.25, 0.3) is 0 Å². The molecule has 0 saturated carbocycles. The van der Waals surface area contributed by atoms with Gasteiger partial charge in [-0.05, 0) is 32.2 Å². The van der Waals surface area contributed by atoms with Crippen molar-refractivity contribution in [1.82, 2.24) is 5.32 Å². The van der Waals surface area contributed by atoms with E-state index in [-0.39, 0.29) is 0 Å². The lowest BCUT2D eigenvalue weighted by Gasteiger charge is -2.23. The molecule has 0 aromatic rings. The van der Waals surface area contributed by atoms with Gasteiger partial charge in [-0.15, -0.1) is 0 Å². The molecule has 0 unspecified atom stereocenters. The normalized spacial score (nSPS) is 22.5. The fraction of sp³-hybridized carbons (Fsp3) is 1.00. The Morgan fingerprint density at radius 1 is 1.21 bits per heavy atom. The first kappa shape index (κ1) is 12.0. The molecule has 0 spiro atoms. The second-order valence-corrected chi connectivity index (χ2v) is 3.89. The molecule has 1 rings (SSSR count). The first-order valence-electron chi connectivity index (χ1n) is 5.73. The topological polar surface area (TPSA) is 30.5 Å². The standard InChI is InChI=1S/C11H23NO2/c1-13-8-4-9-14-10-6-11-5-2-3-7-12-11/h11-12H,2-10H2,1H3/t11-/m0/s1. The number of hydrogen-bond donors (Lipinski definition) is 1. The van der Waals surface area contributed by atoms with Crippen molar-refractivity contribution in [3.05, 3.63) is 0 Å². The van der Waals surface area contributed by atoms with Crippen molar-refractivity contribution in [2.45, 2.75) is 38.1 Å². The van der Waals surface area contributed by atoms with Gasteiger partial charge in [-0.25, -0.2) is 0 Å². The third-order valence-electron chi connectivity index (χ3n) is 2.66. The van der Waals surface area contributed by atoms with Crippen molar-refractivity contribution in [3.63, 3.8) is 0 Å². The highest BCUT2D eigenvalue weighted by atomic mass is 16.5. The molecular weight excluding hydrogens is 178 g/mol. The average molecular weight is 201 g/mol. The fourth-order valence-electron chi connectivity index (χ4n) is 1.80. The summed E-state index contributed by atoms with van der Waals surface area (Å²) in [6, 6.07) is 0.700. The molecule has 0 aromatic heterocycles. The monoisotopic (exact) mass is 201 g/mol. The van der Waals surface area contributed by atoms with Gasteiger partial charge in [-0.2, -0.15) is 0 Å². The Hall–Kier alpha value is -0.120. The Morgan fingerprint density at radius 3 is 2.86 bits per heavy atom. The lowest BCUT2D eigenvalue weighted by atomic mass is 10.0. The van der Waals surface area contributed by atoms with E-state index in [1.165, 1.54) is 25.8 Å². The van der Waals surface area contributed by atoms with Gasteiger partial charge in [0, 0.05) is 33.0 Å². The summed E-state index contributed by atoms with van der Waals surface area (Å²) in [5, 5.41) is 3.52. The Kier molecular flexibility index (Phi) is 7.01. The van der Waals surface area contributed by atoms with Crippen LogP contribution in [0.4, 0.5) is 0 Å². The molecule has 1 N–H and O–H groups in total. The van der Waals surface area contributed by atoms with Crippen molar-refractivity contribution in [2.75, 3.05) is 33.5 Å². The zero-order valence-corrected chi connectivity index (χ0v) is 9.26. The van der Waals surface area contributed by atoms with Crippen LogP contribution in [0.3, 0.4) is 0 Å². The predicted octanol–water partition coefficient (Wildman–Crippen LogP) is 1.57. The number of nitrogens with one attached hydrogen (secondary N) is 1. The van der Waals surface area contributed by atoms with Crippen LogP contribution in [0.5, 0.6) is 0 Å². The number of ether oxygens (including phenoxy) is 2. The van der Waals surface area contributed by atoms with Crippen LogP contribution in [-0.4, -0.2) is 39.5 Å². The van der Waals surface area contributed by atoms with E-state index in [1.54, 1.807) is 7.11 Å². The summed E-state index contributed by atoms with van der Waals surface area (Å²) in [5.41, 5.74) is 0. The molecular formula is C11H23NO2. The second kappa shape index (κ2) is 8.21. The molecule has 1 aliphatic heterocycles. The molecule has 0 aliphatic carbocycles. The smallest absolute Gasteiger partial charge is 0.0487 e. The molecule has 1 heterocycles. The maximum atomic E-state index is 5.52. The molecule has 84 valence electrons. The number of methoxy groups -OCH3 is 1. The molecule has 0 radical (unpaired) electrons.